The number of carbonyl (C=O) groups excluding carboxylic acids is 2. The molecule has 1 aromatic rings. The summed E-state index contributed by atoms with van der Waals surface area (Å²) in [5, 5.41) is 10.7. The van der Waals surface area contributed by atoms with E-state index < -0.39 is 34.9 Å². The zero-order chi connectivity index (χ0) is 19.4. The molecule has 0 bridgehead atoms. The van der Waals surface area contributed by atoms with Crippen molar-refractivity contribution in [1.82, 2.24) is 5.32 Å². The monoisotopic (exact) mass is 355 g/mol. The van der Waals surface area contributed by atoms with E-state index in [0.717, 1.165) is 12.5 Å². The van der Waals surface area contributed by atoms with Gasteiger partial charge in [0.1, 0.15) is 0 Å². The molecule has 1 rings (SSSR count). The van der Waals surface area contributed by atoms with Crippen molar-refractivity contribution in [3.05, 3.63) is 46.7 Å². The number of rotatable bonds is 4. The van der Waals surface area contributed by atoms with Crippen molar-refractivity contribution in [3.8, 4) is 6.07 Å². The average Bonchev–Trinajstić information content (AvgIpc) is 2.52. The van der Waals surface area contributed by atoms with Crippen molar-refractivity contribution in [3.63, 3.8) is 0 Å². The molecule has 0 heterocycles. The van der Waals surface area contributed by atoms with E-state index in [4.69, 9.17) is 11.0 Å². The van der Waals surface area contributed by atoms with Gasteiger partial charge in [-0.3, -0.25) is 4.79 Å². The maximum absolute atomic E-state index is 13.8. The molecule has 1 amide bonds. The molecule has 1 aromatic carbocycles. The third-order valence-corrected chi connectivity index (χ3v) is 3.41. The van der Waals surface area contributed by atoms with E-state index in [-0.39, 0.29) is 5.56 Å². The largest absolute Gasteiger partial charge is 0.467 e. The number of nitrogens with one attached hydrogen (secondary N) is 1. The number of nitriles is 1. The molecule has 3 N–H and O–H groups in total. The first-order chi connectivity index (χ1) is 11.5. The summed E-state index contributed by atoms with van der Waals surface area (Å²) in [6.07, 6.45) is -5.37. The zero-order valence-electron chi connectivity index (χ0n) is 13.7. The number of benzene rings is 1. The quantitative estimate of drug-likeness (QED) is 0.634. The van der Waals surface area contributed by atoms with Crippen LogP contribution in [0.5, 0.6) is 0 Å². The summed E-state index contributed by atoms with van der Waals surface area (Å²) in [5.41, 5.74) is 0.559. The van der Waals surface area contributed by atoms with Gasteiger partial charge in [0.15, 0.2) is 0 Å². The van der Waals surface area contributed by atoms with Gasteiger partial charge in [0.2, 0.25) is 0 Å². The number of aryl methyl sites for hydroxylation is 1. The molecule has 25 heavy (non-hydrogen) atoms. The van der Waals surface area contributed by atoms with Crippen molar-refractivity contribution in [2.75, 3.05) is 7.11 Å². The standard InChI is InChI=1S/C16H16F3N3O3/c1-9-4-6-11(7-5-9)13(23)22-15(14(24)25-3,16(17,18)19)12(8-20)10(2)21/h4-7H,21H2,1-3H3,(H,22,23)/b12-10+/t15-/m0/s1. The second-order valence-corrected chi connectivity index (χ2v) is 5.23. The van der Waals surface area contributed by atoms with Crippen LogP contribution in [-0.2, 0) is 9.53 Å². The van der Waals surface area contributed by atoms with Crippen LogP contribution in [0.25, 0.3) is 0 Å². The van der Waals surface area contributed by atoms with Crippen LogP contribution in [0.4, 0.5) is 13.2 Å². The minimum atomic E-state index is -5.37. The Balaban J connectivity index is 3.58. The van der Waals surface area contributed by atoms with Crippen LogP contribution in [0, 0.1) is 18.3 Å². The topological polar surface area (TPSA) is 105 Å². The lowest BCUT2D eigenvalue weighted by Crippen LogP contribution is -2.65. The SMILES string of the molecule is COC(=O)[C@@](NC(=O)c1ccc(C)cc1)(/C(C#N)=C(\C)N)C(F)(F)F. The molecule has 0 unspecified atom stereocenters. The number of hydrogen-bond acceptors (Lipinski definition) is 5. The normalized spacial score (nSPS) is 14.6. The van der Waals surface area contributed by atoms with E-state index >= 15 is 0 Å². The second kappa shape index (κ2) is 7.25. The first-order valence-corrected chi connectivity index (χ1v) is 6.92. The van der Waals surface area contributed by atoms with Crippen molar-refractivity contribution in [2.24, 2.45) is 5.73 Å². The van der Waals surface area contributed by atoms with Gasteiger partial charge in [0, 0.05) is 11.3 Å². The number of halogens is 3. The minimum Gasteiger partial charge on any atom is -0.467 e. The summed E-state index contributed by atoms with van der Waals surface area (Å²) in [4.78, 5) is 24.3. The van der Waals surface area contributed by atoms with Crippen molar-refractivity contribution in [2.45, 2.75) is 25.6 Å². The van der Waals surface area contributed by atoms with Crippen LogP contribution >= 0.6 is 0 Å². The molecule has 134 valence electrons. The van der Waals surface area contributed by atoms with Gasteiger partial charge in [-0.25, -0.2) is 4.79 Å². The zero-order valence-corrected chi connectivity index (χ0v) is 13.7. The van der Waals surface area contributed by atoms with Crippen molar-refractivity contribution < 1.29 is 27.5 Å². The Morgan fingerprint density at radius 2 is 1.76 bits per heavy atom. The van der Waals surface area contributed by atoms with Crippen LogP contribution in [0.15, 0.2) is 35.5 Å². The molecule has 0 aliphatic carbocycles. The highest BCUT2D eigenvalue weighted by molar-refractivity contribution is 6.00. The van der Waals surface area contributed by atoms with Crippen LogP contribution in [0.2, 0.25) is 0 Å². The molecule has 0 aliphatic rings. The number of amides is 1. The highest BCUT2D eigenvalue weighted by Gasteiger charge is 2.66. The smallest absolute Gasteiger partial charge is 0.427 e. The van der Waals surface area contributed by atoms with Gasteiger partial charge in [0.05, 0.1) is 18.8 Å². The average molecular weight is 355 g/mol. The number of nitrogens with two attached hydrogens (primary N) is 1. The summed E-state index contributed by atoms with van der Waals surface area (Å²) in [6, 6.07) is 6.84. The predicted octanol–water partition coefficient (Wildman–Crippen LogP) is 1.96. The number of alkyl halides is 3. The first kappa shape index (κ1) is 20.0. The van der Waals surface area contributed by atoms with Gasteiger partial charge >= 0.3 is 12.1 Å². The number of hydrogen-bond donors (Lipinski definition) is 2. The first-order valence-electron chi connectivity index (χ1n) is 6.92. The Morgan fingerprint density at radius 1 is 1.24 bits per heavy atom. The van der Waals surface area contributed by atoms with Crippen molar-refractivity contribution in [1.29, 1.82) is 5.26 Å². The Morgan fingerprint density at radius 3 is 2.12 bits per heavy atom. The number of carbonyl (C=O) groups is 2. The van der Waals surface area contributed by atoms with E-state index in [1.54, 1.807) is 12.2 Å². The molecule has 0 aromatic heterocycles. The third-order valence-electron chi connectivity index (χ3n) is 3.41. The number of nitrogens with zero attached hydrogens (tertiary/aromatic N) is 1. The molecule has 0 saturated heterocycles. The number of methoxy groups -OCH3 is 1. The maximum Gasteiger partial charge on any atom is 0.427 e. The van der Waals surface area contributed by atoms with Gasteiger partial charge in [-0.2, -0.15) is 18.4 Å². The lowest BCUT2D eigenvalue weighted by Gasteiger charge is -2.33. The molecule has 0 aliphatic heterocycles. The van der Waals surface area contributed by atoms with E-state index in [2.05, 4.69) is 4.74 Å². The Labute approximate surface area is 142 Å². The predicted molar refractivity (Wildman–Crippen MR) is 81.9 cm³/mol. The fraction of sp³-hybridized carbons (Fsp3) is 0.312. The van der Waals surface area contributed by atoms with Gasteiger partial charge < -0.3 is 15.8 Å². The highest BCUT2D eigenvalue weighted by atomic mass is 19.4. The van der Waals surface area contributed by atoms with Crippen molar-refractivity contribution >= 4 is 11.9 Å². The Kier molecular flexibility index (Phi) is 5.81. The molecule has 0 fully saturated rings. The van der Waals surface area contributed by atoms with Gasteiger partial charge in [-0.1, -0.05) is 17.7 Å². The number of ether oxygens (including phenoxy) is 1. The summed E-state index contributed by atoms with van der Waals surface area (Å²) < 4.78 is 45.6. The molecule has 0 radical (unpaired) electrons. The molecule has 6 nitrogen and oxygen atoms in total. The van der Waals surface area contributed by atoms with Gasteiger partial charge in [0.25, 0.3) is 11.4 Å². The number of esters is 1. The lowest BCUT2D eigenvalue weighted by molar-refractivity contribution is -0.200. The third kappa shape index (κ3) is 3.74. The van der Waals surface area contributed by atoms with Crippen LogP contribution in [-0.4, -0.2) is 30.7 Å². The fourth-order valence-electron chi connectivity index (χ4n) is 2.11. The molecule has 1 atom stereocenters. The Hall–Kier alpha value is -3.02. The van der Waals surface area contributed by atoms with Gasteiger partial charge in [-0.15, -0.1) is 0 Å². The molecular weight excluding hydrogens is 339 g/mol. The van der Waals surface area contributed by atoms with E-state index in [9.17, 15) is 22.8 Å². The fourth-order valence-corrected chi connectivity index (χ4v) is 2.11. The summed E-state index contributed by atoms with van der Waals surface area (Å²) in [6.45, 7) is 2.74. The summed E-state index contributed by atoms with van der Waals surface area (Å²) in [5.74, 6) is -3.08. The highest BCUT2D eigenvalue weighted by Crippen LogP contribution is 2.38. The number of allylic oxidation sites excluding steroid dienone is 1. The van der Waals surface area contributed by atoms with E-state index in [1.165, 1.54) is 30.3 Å². The minimum absolute atomic E-state index is 0.130. The Bertz CT molecular complexity index is 745. The second-order valence-electron chi connectivity index (χ2n) is 5.23. The van der Waals surface area contributed by atoms with Crippen LogP contribution < -0.4 is 11.1 Å². The molecular formula is C16H16F3N3O3. The van der Waals surface area contributed by atoms with E-state index in [0.29, 0.717) is 7.11 Å². The van der Waals surface area contributed by atoms with Crippen LogP contribution in [0.1, 0.15) is 22.8 Å². The summed E-state index contributed by atoms with van der Waals surface area (Å²) in [7, 11) is 0.710. The van der Waals surface area contributed by atoms with Crippen LogP contribution in [0.3, 0.4) is 0 Å². The molecule has 0 spiro atoms. The van der Waals surface area contributed by atoms with Gasteiger partial charge in [-0.05, 0) is 26.0 Å². The molecule has 0 saturated carbocycles. The maximum atomic E-state index is 13.8. The summed E-state index contributed by atoms with van der Waals surface area (Å²) >= 11 is 0. The lowest BCUT2D eigenvalue weighted by atomic mass is 9.87. The van der Waals surface area contributed by atoms with E-state index in [1.807, 2.05) is 0 Å². The molecule has 9 heteroatoms.